The topological polar surface area (TPSA) is 50.3 Å². The minimum Gasteiger partial charge on any atom is -0.334 e. The predicted molar refractivity (Wildman–Crippen MR) is 118 cm³/mol. The van der Waals surface area contributed by atoms with Crippen molar-refractivity contribution in [1.82, 2.24) is 9.88 Å². The highest BCUT2D eigenvalue weighted by Crippen LogP contribution is 2.28. The Hall–Kier alpha value is -3.67. The summed E-state index contributed by atoms with van der Waals surface area (Å²) in [6.07, 6.45) is 3.88. The molecule has 0 atom stereocenters. The molecule has 0 aliphatic carbocycles. The molecule has 2 aromatic carbocycles. The Morgan fingerprint density at radius 3 is 2.38 bits per heavy atom. The second-order valence-corrected chi connectivity index (χ2v) is 7.87. The smallest absolute Gasteiger partial charge is 0.255 e. The van der Waals surface area contributed by atoms with E-state index in [1.54, 1.807) is 41.6 Å². The first kappa shape index (κ1) is 21.6. The molecule has 0 radical (unpaired) electrons. The first-order valence-corrected chi connectivity index (χ1v) is 10.4. The molecule has 2 heterocycles. The molecule has 0 N–H and O–H groups in total. The third-order valence-corrected chi connectivity index (χ3v) is 5.73. The SMILES string of the molecule is CC1=C(c2ccc(CC(=O)c3c(F)cccc3F)cc2)CN(C(=O)c2cccnc2)CC1. The van der Waals surface area contributed by atoms with E-state index in [0.29, 0.717) is 24.2 Å². The number of amides is 1. The minimum atomic E-state index is -0.854. The van der Waals surface area contributed by atoms with E-state index in [2.05, 4.69) is 11.9 Å². The average Bonchev–Trinajstić information content (AvgIpc) is 2.80. The van der Waals surface area contributed by atoms with E-state index in [0.717, 1.165) is 29.7 Å². The number of ketones is 1. The van der Waals surface area contributed by atoms with Gasteiger partial charge < -0.3 is 4.90 Å². The van der Waals surface area contributed by atoms with Crippen LogP contribution < -0.4 is 0 Å². The number of carbonyl (C=O) groups is 2. The summed E-state index contributed by atoms with van der Waals surface area (Å²) in [5.74, 6) is -2.37. The van der Waals surface area contributed by atoms with Gasteiger partial charge in [0, 0.05) is 31.9 Å². The van der Waals surface area contributed by atoms with Gasteiger partial charge in [-0.3, -0.25) is 14.6 Å². The molecular formula is C26H22F2N2O2. The van der Waals surface area contributed by atoms with Crippen LogP contribution in [-0.4, -0.2) is 34.7 Å². The van der Waals surface area contributed by atoms with Gasteiger partial charge in [0.1, 0.15) is 11.6 Å². The summed E-state index contributed by atoms with van der Waals surface area (Å²) >= 11 is 0. The molecule has 6 heteroatoms. The maximum absolute atomic E-state index is 13.9. The van der Waals surface area contributed by atoms with Gasteiger partial charge in [-0.2, -0.15) is 0 Å². The van der Waals surface area contributed by atoms with E-state index < -0.39 is 23.0 Å². The third-order valence-electron chi connectivity index (χ3n) is 5.73. The van der Waals surface area contributed by atoms with Crippen LogP contribution in [0.1, 0.15) is 45.2 Å². The Kier molecular flexibility index (Phi) is 6.21. The van der Waals surface area contributed by atoms with Gasteiger partial charge in [-0.25, -0.2) is 8.78 Å². The Morgan fingerprint density at radius 1 is 1.00 bits per heavy atom. The Morgan fingerprint density at radius 2 is 1.72 bits per heavy atom. The van der Waals surface area contributed by atoms with E-state index in [9.17, 15) is 18.4 Å². The monoisotopic (exact) mass is 432 g/mol. The normalized spacial score (nSPS) is 13.9. The molecule has 0 fully saturated rings. The first-order valence-electron chi connectivity index (χ1n) is 10.4. The van der Waals surface area contributed by atoms with Crippen molar-refractivity contribution in [3.05, 3.63) is 106 Å². The maximum Gasteiger partial charge on any atom is 0.255 e. The van der Waals surface area contributed by atoms with Crippen LogP contribution in [0.2, 0.25) is 0 Å². The molecule has 1 amide bonds. The van der Waals surface area contributed by atoms with Crippen molar-refractivity contribution >= 4 is 17.3 Å². The van der Waals surface area contributed by atoms with Crippen molar-refractivity contribution in [2.24, 2.45) is 0 Å². The zero-order valence-corrected chi connectivity index (χ0v) is 17.6. The maximum atomic E-state index is 13.9. The lowest BCUT2D eigenvalue weighted by Crippen LogP contribution is -2.36. The van der Waals surface area contributed by atoms with E-state index in [1.165, 1.54) is 11.6 Å². The van der Waals surface area contributed by atoms with Crippen LogP contribution in [0.25, 0.3) is 5.57 Å². The number of rotatable bonds is 5. The quantitative estimate of drug-likeness (QED) is 0.527. The number of hydrogen-bond acceptors (Lipinski definition) is 3. The zero-order chi connectivity index (χ0) is 22.7. The van der Waals surface area contributed by atoms with Crippen LogP contribution in [0.15, 0.2) is 72.6 Å². The molecule has 162 valence electrons. The predicted octanol–water partition coefficient (Wildman–Crippen LogP) is 5.10. The highest BCUT2D eigenvalue weighted by Gasteiger charge is 2.23. The van der Waals surface area contributed by atoms with E-state index >= 15 is 0 Å². The average molecular weight is 432 g/mol. The Balaban J connectivity index is 1.49. The minimum absolute atomic E-state index is 0.0581. The van der Waals surface area contributed by atoms with Crippen molar-refractivity contribution in [3.63, 3.8) is 0 Å². The molecule has 0 bridgehead atoms. The second kappa shape index (κ2) is 9.22. The van der Waals surface area contributed by atoms with E-state index in [1.807, 2.05) is 12.1 Å². The lowest BCUT2D eigenvalue weighted by atomic mass is 9.93. The second-order valence-electron chi connectivity index (χ2n) is 7.87. The van der Waals surface area contributed by atoms with Gasteiger partial charge in [0.2, 0.25) is 0 Å². The summed E-state index contributed by atoms with van der Waals surface area (Å²) in [6.45, 7) is 3.18. The lowest BCUT2D eigenvalue weighted by molar-refractivity contribution is 0.0772. The Bertz CT molecular complexity index is 1170. The Labute approximate surface area is 185 Å². The van der Waals surface area contributed by atoms with Gasteiger partial charge in [-0.05, 0) is 54.3 Å². The summed E-state index contributed by atoms with van der Waals surface area (Å²) in [5.41, 5.74) is 3.94. The summed E-state index contributed by atoms with van der Waals surface area (Å²) < 4.78 is 27.8. The number of benzene rings is 2. The highest BCUT2D eigenvalue weighted by molar-refractivity contribution is 5.98. The summed E-state index contributed by atoms with van der Waals surface area (Å²) in [5, 5.41) is 0. The summed E-state index contributed by atoms with van der Waals surface area (Å²) in [4.78, 5) is 31.0. The summed E-state index contributed by atoms with van der Waals surface area (Å²) in [7, 11) is 0. The summed E-state index contributed by atoms with van der Waals surface area (Å²) in [6, 6.07) is 14.2. The van der Waals surface area contributed by atoms with Crippen molar-refractivity contribution in [3.8, 4) is 0 Å². The molecule has 4 nitrogen and oxygen atoms in total. The number of Topliss-reactive ketones (excluding diaryl/α,β-unsaturated/α-hetero) is 1. The number of aromatic nitrogens is 1. The van der Waals surface area contributed by atoms with Crippen LogP contribution >= 0.6 is 0 Å². The number of pyridine rings is 1. The molecule has 3 aromatic rings. The molecule has 1 aromatic heterocycles. The molecule has 4 rings (SSSR count). The molecule has 32 heavy (non-hydrogen) atoms. The molecule has 0 unspecified atom stereocenters. The fourth-order valence-electron chi connectivity index (χ4n) is 3.90. The van der Waals surface area contributed by atoms with Gasteiger partial charge in [-0.15, -0.1) is 0 Å². The van der Waals surface area contributed by atoms with Gasteiger partial charge in [-0.1, -0.05) is 35.9 Å². The van der Waals surface area contributed by atoms with Gasteiger partial charge in [0.15, 0.2) is 5.78 Å². The third kappa shape index (κ3) is 4.49. The van der Waals surface area contributed by atoms with Gasteiger partial charge in [0.05, 0.1) is 11.1 Å². The fourth-order valence-corrected chi connectivity index (χ4v) is 3.90. The number of nitrogens with zero attached hydrogens (tertiary/aromatic N) is 2. The number of carbonyl (C=O) groups excluding carboxylic acids is 2. The molecule has 0 spiro atoms. The van der Waals surface area contributed by atoms with E-state index in [4.69, 9.17) is 0 Å². The molecular weight excluding hydrogens is 410 g/mol. The van der Waals surface area contributed by atoms with Crippen LogP contribution in [0, 0.1) is 11.6 Å². The lowest BCUT2D eigenvalue weighted by Gasteiger charge is -2.30. The molecule has 1 aliphatic heterocycles. The van der Waals surface area contributed by atoms with Crippen molar-refractivity contribution in [2.45, 2.75) is 19.8 Å². The van der Waals surface area contributed by atoms with Crippen molar-refractivity contribution in [1.29, 1.82) is 0 Å². The van der Waals surface area contributed by atoms with Crippen molar-refractivity contribution < 1.29 is 18.4 Å². The standard InChI is InChI=1S/C26H22F2N2O2/c1-17-11-13-30(26(32)20-4-3-12-29-15-20)16-21(17)19-9-7-18(8-10-19)14-24(31)25-22(27)5-2-6-23(25)28/h2-10,12,15H,11,13-14,16H2,1H3. The van der Waals surface area contributed by atoms with Crippen LogP contribution in [0.4, 0.5) is 8.78 Å². The molecule has 0 saturated heterocycles. The van der Waals surface area contributed by atoms with E-state index in [-0.39, 0.29) is 12.3 Å². The fraction of sp³-hybridized carbons (Fsp3) is 0.192. The van der Waals surface area contributed by atoms with Crippen LogP contribution in [0.3, 0.4) is 0 Å². The van der Waals surface area contributed by atoms with Crippen LogP contribution in [0.5, 0.6) is 0 Å². The van der Waals surface area contributed by atoms with Gasteiger partial charge in [0.25, 0.3) is 5.91 Å². The molecule has 1 aliphatic rings. The van der Waals surface area contributed by atoms with Gasteiger partial charge >= 0.3 is 0 Å². The van der Waals surface area contributed by atoms with Crippen molar-refractivity contribution in [2.75, 3.05) is 13.1 Å². The first-order chi connectivity index (χ1) is 15.4. The van der Waals surface area contributed by atoms with Crippen LogP contribution in [-0.2, 0) is 6.42 Å². The highest BCUT2D eigenvalue weighted by atomic mass is 19.1. The number of halogens is 2. The number of hydrogen-bond donors (Lipinski definition) is 0. The molecule has 0 saturated carbocycles. The largest absolute Gasteiger partial charge is 0.334 e. The zero-order valence-electron chi connectivity index (χ0n) is 17.6.